The number of aromatic nitrogens is 3. The minimum absolute atomic E-state index is 0.0290. The molecule has 2 saturated heterocycles. The highest BCUT2D eigenvalue weighted by atomic mass is 16.5. The summed E-state index contributed by atoms with van der Waals surface area (Å²) in [4.78, 5) is 19.2. The SMILES string of the molecule is CC(C)(C)n1cc(C2N(C(=O)Cc3ccc(C#N)nc3)CC23CCOCC3)cn1. The summed E-state index contributed by atoms with van der Waals surface area (Å²) < 4.78 is 7.57. The van der Waals surface area contributed by atoms with Gasteiger partial charge in [0.1, 0.15) is 11.8 Å². The Balaban J connectivity index is 1.57. The Labute approximate surface area is 171 Å². The standard InChI is InChI=1S/C22H27N5O2/c1-21(2,3)27-14-17(13-25-27)20-22(6-8-29-9-7-22)15-26(20)19(28)10-16-4-5-18(11-23)24-12-16/h4-5,12-14,20H,6-10,15H2,1-3H3. The van der Waals surface area contributed by atoms with Gasteiger partial charge in [0.05, 0.1) is 24.2 Å². The molecule has 2 aliphatic heterocycles. The Bertz CT molecular complexity index is 929. The van der Waals surface area contributed by atoms with E-state index < -0.39 is 0 Å². The number of hydrogen-bond donors (Lipinski definition) is 0. The average Bonchev–Trinajstić information content (AvgIpc) is 3.17. The normalized spacial score (nSPS) is 20.9. The van der Waals surface area contributed by atoms with Crippen molar-refractivity contribution in [2.24, 2.45) is 5.41 Å². The number of likely N-dealkylation sites (tertiary alicyclic amines) is 1. The number of ether oxygens (including phenoxy) is 1. The van der Waals surface area contributed by atoms with Gasteiger partial charge in [-0.2, -0.15) is 10.4 Å². The maximum absolute atomic E-state index is 13.1. The Hall–Kier alpha value is -2.72. The van der Waals surface area contributed by atoms with Crippen LogP contribution in [-0.2, 0) is 21.5 Å². The van der Waals surface area contributed by atoms with Crippen molar-refractivity contribution in [3.63, 3.8) is 0 Å². The van der Waals surface area contributed by atoms with Crippen molar-refractivity contribution in [1.82, 2.24) is 19.7 Å². The predicted octanol–water partition coefficient (Wildman–Crippen LogP) is 2.83. The zero-order chi connectivity index (χ0) is 20.6. The molecular weight excluding hydrogens is 366 g/mol. The fourth-order valence-corrected chi connectivity index (χ4v) is 4.43. The molecule has 0 N–H and O–H groups in total. The number of carbonyl (C=O) groups is 1. The summed E-state index contributed by atoms with van der Waals surface area (Å²) in [5.74, 6) is 0.0853. The molecule has 0 aromatic carbocycles. The maximum atomic E-state index is 13.1. The molecule has 0 radical (unpaired) electrons. The molecule has 0 saturated carbocycles. The highest BCUT2D eigenvalue weighted by Gasteiger charge is 2.55. The Morgan fingerprint density at radius 1 is 1.31 bits per heavy atom. The zero-order valence-corrected chi connectivity index (χ0v) is 17.3. The van der Waals surface area contributed by atoms with Crippen molar-refractivity contribution < 1.29 is 9.53 Å². The van der Waals surface area contributed by atoms with E-state index >= 15 is 0 Å². The molecule has 2 fully saturated rings. The maximum Gasteiger partial charge on any atom is 0.227 e. The topological polar surface area (TPSA) is 84.0 Å². The van der Waals surface area contributed by atoms with Crippen LogP contribution in [-0.4, -0.2) is 45.3 Å². The van der Waals surface area contributed by atoms with E-state index in [1.807, 2.05) is 21.8 Å². The third kappa shape index (κ3) is 3.65. The Morgan fingerprint density at radius 3 is 2.66 bits per heavy atom. The molecule has 29 heavy (non-hydrogen) atoms. The highest BCUT2D eigenvalue weighted by Crippen LogP contribution is 2.54. The van der Waals surface area contributed by atoms with Gasteiger partial charge >= 0.3 is 0 Å². The lowest BCUT2D eigenvalue weighted by atomic mass is 9.64. The molecule has 1 atom stereocenters. The van der Waals surface area contributed by atoms with Crippen molar-refractivity contribution in [1.29, 1.82) is 5.26 Å². The first-order valence-corrected chi connectivity index (χ1v) is 10.1. The number of nitrogens with zero attached hydrogens (tertiary/aromatic N) is 5. The molecule has 0 aliphatic carbocycles. The summed E-state index contributed by atoms with van der Waals surface area (Å²) in [5, 5.41) is 13.5. The van der Waals surface area contributed by atoms with Gasteiger partial charge < -0.3 is 9.64 Å². The van der Waals surface area contributed by atoms with Crippen LogP contribution >= 0.6 is 0 Å². The molecule has 1 amide bonds. The minimum Gasteiger partial charge on any atom is -0.381 e. The van der Waals surface area contributed by atoms with Gasteiger partial charge in [0.2, 0.25) is 5.91 Å². The van der Waals surface area contributed by atoms with Gasteiger partial charge in [0.15, 0.2) is 0 Å². The van der Waals surface area contributed by atoms with Crippen molar-refractivity contribution >= 4 is 5.91 Å². The number of pyridine rings is 1. The van der Waals surface area contributed by atoms with Crippen molar-refractivity contribution in [3.05, 3.63) is 47.5 Å². The van der Waals surface area contributed by atoms with E-state index in [4.69, 9.17) is 10.00 Å². The summed E-state index contributed by atoms with van der Waals surface area (Å²) in [6.07, 6.45) is 7.82. The second kappa shape index (κ2) is 7.27. The van der Waals surface area contributed by atoms with Crippen molar-refractivity contribution in [2.45, 2.75) is 51.6 Å². The average molecular weight is 393 g/mol. The molecule has 4 heterocycles. The molecule has 1 spiro atoms. The summed E-state index contributed by atoms with van der Waals surface area (Å²) in [6, 6.07) is 5.50. The highest BCUT2D eigenvalue weighted by molar-refractivity contribution is 5.80. The van der Waals surface area contributed by atoms with Crippen molar-refractivity contribution in [3.8, 4) is 6.07 Å². The summed E-state index contributed by atoms with van der Waals surface area (Å²) in [6.45, 7) is 8.60. The largest absolute Gasteiger partial charge is 0.381 e. The molecule has 7 heteroatoms. The molecule has 4 rings (SSSR count). The zero-order valence-electron chi connectivity index (χ0n) is 17.3. The number of carbonyl (C=O) groups excluding carboxylic acids is 1. The number of rotatable bonds is 3. The van der Waals surface area contributed by atoms with E-state index in [-0.39, 0.29) is 29.3 Å². The third-order valence-corrected chi connectivity index (χ3v) is 6.09. The summed E-state index contributed by atoms with van der Waals surface area (Å²) in [5.41, 5.74) is 2.25. The predicted molar refractivity (Wildman–Crippen MR) is 107 cm³/mol. The first-order chi connectivity index (χ1) is 13.8. The molecule has 1 unspecified atom stereocenters. The van der Waals surface area contributed by atoms with Gasteiger partial charge in [-0.3, -0.25) is 9.48 Å². The van der Waals surface area contributed by atoms with E-state index in [1.54, 1.807) is 18.3 Å². The van der Waals surface area contributed by atoms with Gasteiger partial charge in [0, 0.05) is 43.1 Å². The van der Waals surface area contributed by atoms with E-state index in [0.29, 0.717) is 5.69 Å². The van der Waals surface area contributed by atoms with Gasteiger partial charge in [-0.25, -0.2) is 4.98 Å². The second-order valence-electron chi connectivity index (χ2n) is 9.13. The number of amides is 1. The Kier molecular flexibility index (Phi) is 4.91. The van der Waals surface area contributed by atoms with Gasteiger partial charge in [-0.1, -0.05) is 6.07 Å². The van der Waals surface area contributed by atoms with E-state index in [1.165, 1.54) is 0 Å². The van der Waals surface area contributed by atoms with Gasteiger partial charge in [0.25, 0.3) is 0 Å². The molecule has 0 bridgehead atoms. The first kappa shape index (κ1) is 19.6. The minimum atomic E-state index is -0.103. The quantitative estimate of drug-likeness (QED) is 0.801. The molecule has 2 aromatic rings. The monoisotopic (exact) mass is 393 g/mol. The van der Waals surface area contributed by atoms with E-state index in [0.717, 1.165) is 43.7 Å². The lowest BCUT2D eigenvalue weighted by molar-refractivity contribution is -0.168. The lowest BCUT2D eigenvalue weighted by Gasteiger charge is -2.59. The molecular formula is C22H27N5O2. The van der Waals surface area contributed by atoms with Crippen LogP contribution in [0, 0.1) is 16.7 Å². The van der Waals surface area contributed by atoms with Crippen LogP contribution in [0.25, 0.3) is 0 Å². The molecule has 2 aromatic heterocycles. The van der Waals surface area contributed by atoms with Crippen LogP contribution in [0.4, 0.5) is 0 Å². The fourth-order valence-electron chi connectivity index (χ4n) is 4.43. The Morgan fingerprint density at radius 2 is 2.07 bits per heavy atom. The third-order valence-electron chi connectivity index (χ3n) is 6.09. The molecule has 7 nitrogen and oxygen atoms in total. The second-order valence-corrected chi connectivity index (χ2v) is 9.13. The van der Waals surface area contributed by atoms with Crippen molar-refractivity contribution in [2.75, 3.05) is 19.8 Å². The lowest BCUT2D eigenvalue weighted by Crippen LogP contribution is -2.62. The van der Waals surface area contributed by atoms with E-state index in [9.17, 15) is 4.79 Å². The summed E-state index contributed by atoms with van der Waals surface area (Å²) >= 11 is 0. The smallest absolute Gasteiger partial charge is 0.227 e. The summed E-state index contributed by atoms with van der Waals surface area (Å²) in [7, 11) is 0. The van der Waals surface area contributed by atoms with Gasteiger partial charge in [-0.05, 0) is 45.2 Å². The van der Waals surface area contributed by atoms with Crippen LogP contribution < -0.4 is 0 Å². The number of nitriles is 1. The number of hydrogen-bond acceptors (Lipinski definition) is 5. The van der Waals surface area contributed by atoms with Gasteiger partial charge in [-0.15, -0.1) is 0 Å². The van der Waals surface area contributed by atoms with Crippen LogP contribution in [0.3, 0.4) is 0 Å². The first-order valence-electron chi connectivity index (χ1n) is 10.1. The van der Waals surface area contributed by atoms with Crippen LogP contribution in [0.2, 0.25) is 0 Å². The van der Waals surface area contributed by atoms with E-state index in [2.05, 4.69) is 37.1 Å². The van der Waals surface area contributed by atoms with Crippen LogP contribution in [0.1, 0.15) is 56.5 Å². The van der Waals surface area contributed by atoms with Crippen LogP contribution in [0.15, 0.2) is 30.7 Å². The fraction of sp³-hybridized carbons (Fsp3) is 0.545. The molecule has 152 valence electrons. The molecule has 2 aliphatic rings. The van der Waals surface area contributed by atoms with Crippen LogP contribution in [0.5, 0.6) is 0 Å².